The first-order valence-corrected chi connectivity index (χ1v) is 6.87. The minimum absolute atomic E-state index is 0.212. The van der Waals surface area contributed by atoms with E-state index in [1.54, 1.807) is 6.92 Å². The highest BCUT2D eigenvalue weighted by atomic mass is 16.5. The molecule has 118 valence electrons. The third-order valence-electron chi connectivity index (χ3n) is 3.83. The number of aryl methyl sites for hydroxylation is 1. The van der Waals surface area contributed by atoms with Crippen molar-refractivity contribution in [2.45, 2.75) is 25.5 Å². The Labute approximate surface area is 127 Å². The monoisotopic (exact) mass is 306 g/mol. The number of carbonyl (C=O) groups is 2. The topological polar surface area (TPSA) is 118 Å². The van der Waals surface area contributed by atoms with Gasteiger partial charge in [0.25, 0.3) is 5.91 Å². The number of carboxylic acid groups (broad SMARTS) is 1. The zero-order chi connectivity index (χ0) is 16.3. The molecule has 2 amide bonds. The molecule has 1 aliphatic heterocycles. The Morgan fingerprint density at radius 2 is 2.32 bits per heavy atom. The Bertz CT molecular complexity index is 619. The molecule has 0 saturated carbocycles. The molecule has 1 aromatic rings. The minimum atomic E-state index is -0.995. The van der Waals surface area contributed by atoms with Gasteiger partial charge in [-0.2, -0.15) is 5.26 Å². The van der Waals surface area contributed by atoms with Crippen LogP contribution in [0.1, 0.15) is 28.2 Å². The highest BCUT2D eigenvalue weighted by Crippen LogP contribution is 2.15. The molecule has 0 unspecified atom stereocenters. The van der Waals surface area contributed by atoms with Gasteiger partial charge in [0.1, 0.15) is 11.8 Å². The molecule has 3 N–H and O–H groups in total. The first kappa shape index (κ1) is 15.9. The number of piperidine rings is 1. The molecule has 1 saturated heterocycles. The van der Waals surface area contributed by atoms with E-state index in [1.807, 2.05) is 6.07 Å². The van der Waals surface area contributed by atoms with Crippen molar-refractivity contribution < 1.29 is 19.4 Å². The van der Waals surface area contributed by atoms with Crippen LogP contribution in [0.3, 0.4) is 0 Å². The quantitative estimate of drug-likeness (QED) is 0.759. The second kappa shape index (κ2) is 6.49. The summed E-state index contributed by atoms with van der Waals surface area (Å²) in [6, 6.07) is 3.23. The van der Waals surface area contributed by atoms with Crippen LogP contribution in [0.25, 0.3) is 0 Å². The number of amides is 2. The van der Waals surface area contributed by atoms with Gasteiger partial charge in [-0.15, -0.1) is 0 Å². The van der Waals surface area contributed by atoms with Crippen LogP contribution in [0.2, 0.25) is 0 Å². The second-order valence-electron chi connectivity index (χ2n) is 5.20. The Morgan fingerprint density at radius 1 is 1.59 bits per heavy atom. The van der Waals surface area contributed by atoms with Gasteiger partial charge in [0.15, 0.2) is 0 Å². The summed E-state index contributed by atoms with van der Waals surface area (Å²) in [5.74, 6) is -0.333. The number of nitrogens with zero attached hydrogens (tertiary/aromatic N) is 2. The number of ether oxygens (including phenoxy) is 1. The molecule has 22 heavy (non-hydrogen) atoms. The van der Waals surface area contributed by atoms with Crippen LogP contribution in [0, 0.1) is 18.3 Å². The van der Waals surface area contributed by atoms with E-state index < -0.39 is 12.2 Å². The molecular weight excluding hydrogens is 288 g/mol. The van der Waals surface area contributed by atoms with Gasteiger partial charge in [-0.25, -0.2) is 4.79 Å². The number of nitriles is 1. The van der Waals surface area contributed by atoms with Gasteiger partial charge in [-0.1, -0.05) is 0 Å². The molecule has 0 aromatic carbocycles. The van der Waals surface area contributed by atoms with Gasteiger partial charge >= 0.3 is 6.09 Å². The molecule has 8 nitrogen and oxygen atoms in total. The van der Waals surface area contributed by atoms with Crippen LogP contribution in [0.5, 0.6) is 0 Å². The van der Waals surface area contributed by atoms with Crippen LogP contribution < -0.4 is 5.32 Å². The Balaban J connectivity index is 2.04. The van der Waals surface area contributed by atoms with E-state index in [0.717, 1.165) is 0 Å². The third-order valence-corrected chi connectivity index (χ3v) is 3.83. The number of rotatable bonds is 3. The zero-order valence-corrected chi connectivity index (χ0v) is 12.4. The Kier molecular flexibility index (Phi) is 4.68. The fourth-order valence-electron chi connectivity index (χ4n) is 2.54. The number of likely N-dealkylation sites (tertiary alicyclic amines) is 1. The van der Waals surface area contributed by atoms with Crippen LogP contribution >= 0.6 is 0 Å². The summed E-state index contributed by atoms with van der Waals surface area (Å²) in [7, 11) is 1.49. The average Bonchev–Trinajstić information content (AvgIpc) is 2.88. The average molecular weight is 306 g/mol. The van der Waals surface area contributed by atoms with Crippen LogP contribution in [-0.4, -0.2) is 59.3 Å². The molecule has 2 rings (SSSR count). The molecule has 1 fully saturated rings. The van der Waals surface area contributed by atoms with Crippen LogP contribution in [0.15, 0.2) is 6.07 Å². The third kappa shape index (κ3) is 3.20. The van der Waals surface area contributed by atoms with Crippen molar-refractivity contribution in [2.75, 3.05) is 20.2 Å². The van der Waals surface area contributed by atoms with E-state index >= 15 is 0 Å². The van der Waals surface area contributed by atoms with E-state index in [2.05, 4.69) is 10.3 Å². The number of hydrogen-bond donors (Lipinski definition) is 3. The number of aromatic nitrogens is 1. The van der Waals surface area contributed by atoms with Crippen LogP contribution in [0.4, 0.5) is 4.79 Å². The molecular formula is C14H18N4O4. The fourth-order valence-corrected chi connectivity index (χ4v) is 2.54. The van der Waals surface area contributed by atoms with Crippen molar-refractivity contribution >= 4 is 12.0 Å². The predicted molar refractivity (Wildman–Crippen MR) is 76.5 cm³/mol. The molecule has 8 heteroatoms. The lowest BCUT2D eigenvalue weighted by Gasteiger charge is -2.36. The molecule has 0 radical (unpaired) electrons. The maximum Gasteiger partial charge on any atom is 0.407 e. The van der Waals surface area contributed by atoms with Gasteiger partial charge in [0.2, 0.25) is 0 Å². The summed E-state index contributed by atoms with van der Waals surface area (Å²) < 4.78 is 5.29. The Morgan fingerprint density at radius 3 is 2.86 bits per heavy atom. The molecule has 0 spiro atoms. The van der Waals surface area contributed by atoms with Crippen molar-refractivity contribution in [3.63, 3.8) is 0 Å². The van der Waals surface area contributed by atoms with Gasteiger partial charge in [-0.05, 0) is 19.4 Å². The normalized spacial score (nSPS) is 21.2. The van der Waals surface area contributed by atoms with Crippen molar-refractivity contribution in [3.05, 3.63) is 23.0 Å². The number of methoxy groups -OCH3 is 1. The van der Waals surface area contributed by atoms with Gasteiger partial charge < -0.3 is 25.0 Å². The fraction of sp³-hybridized carbons (Fsp3) is 0.500. The van der Waals surface area contributed by atoms with E-state index in [0.29, 0.717) is 29.9 Å². The first-order chi connectivity index (χ1) is 10.5. The summed E-state index contributed by atoms with van der Waals surface area (Å²) in [6.07, 6.45) is -0.924. The number of H-pyrrole nitrogens is 1. The highest BCUT2D eigenvalue weighted by molar-refractivity contribution is 5.93. The molecule has 2 atom stereocenters. The lowest BCUT2D eigenvalue weighted by atomic mass is 10.0. The first-order valence-electron chi connectivity index (χ1n) is 6.87. The molecule has 2 heterocycles. The van der Waals surface area contributed by atoms with Gasteiger partial charge in [0.05, 0.1) is 24.3 Å². The largest absolute Gasteiger partial charge is 0.465 e. The van der Waals surface area contributed by atoms with E-state index in [-0.39, 0.29) is 18.5 Å². The number of nitrogens with one attached hydrogen (secondary N) is 2. The smallest absolute Gasteiger partial charge is 0.407 e. The number of carbonyl (C=O) groups excluding carboxylic acids is 1. The Hall–Kier alpha value is -2.53. The van der Waals surface area contributed by atoms with E-state index in [1.165, 1.54) is 18.1 Å². The van der Waals surface area contributed by atoms with Crippen molar-refractivity contribution in [1.29, 1.82) is 5.26 Å². The van der Waals surface area contributed by atoms with Gasteiger partial charge in [0, 0.05) is 19.3 Å². The van der Waals surface area contributed by atoms with Crippen molar-refractivity contribution in [2.24, 2.45) is 0 Å². The predicted octanol–water partition coefficient (Wildman–Crippen LogP) is 0.692. The van der Waals surface area contributed by atoms with Crippen molar-refractivity contribution in [1.82, 2.24) is 15.2 Å². The lowest BCUT2D eigenvalue weighted by Crippen LogP contribution is -2.55. The summed E-state index contributed by atoms with van der Waals surface area (Å²) >= 11 is 0. The second-order valence-corrected chi connectivity index (χ2v) is 5.20. The minimum Gasteiger partial charge on any atom is -0.465 e. The summed E-state index contributed by atoms with van der Waals surface area (Å²) in [6.45, 7) is 2.27. The lowest BCUT2D eigenvalue weighted by molar-refractivity contribution is 0.0101. The standard InChI is InChI=1S/C14H18N4O4/c1-8-9(6-15)5-11(16-8)13(19)17-10-3-4-18(14(20)21)7-12(10)22-2/h5,10,12,16H,3-4,7H2,1-2H3,(H,17,19)(H,20,21)/t10-,12+/m1/s1. The molecule has 0 aliphatic carbocycles. The summed E-state index contributed by atoms with van der Waals surface area (Å²) in [5.41, 5.74) is 1.37. The molecule has 1 aliphatic rings. The van der Waals surface area contributed by atoms with E-state index in [9.17, 15) is 9.59 Å². The zero-order valence-electron chi connectivity index (χ0n) is 12.4. The maximum atomic E-state index is 12.2. The van der Waals surface area contributed by atoms with E-state index in [4.69, 9.17) is 15.1 Å². The van der Waals surface area contributed by atoms with Gasteiger partial charge in [-0.3, -0.25) is 4.79 Å². The molecule has 1 aromatic heterocycles. The van der Waals surface area contributed by atoms with Crippen molar-refractivity contribution in [3.8, 4) is 6.07 Å². The highest BCUT2D eigenvalue weighted by Gasteiger charge is 2.32. The summed E-state index contributed by atoms with van der Waals surface area (Å²) in [5, 5.41) is 20.8. The van der Waals surface area contributed by atoms with Crippen LogP contribution in [-0.2, 0) is 4.74 Å². The molecule has 0 bridgehead atoms. The number of hydrogen-bond acceptors (Lipinski definition) is 4. The summed E-state index contributed by atoms with van der Waals surface area (Å²) in [4.78, 5) is 27.4. The maximum absolute atomic E-state index is 12.2. The SMILES string of the molecule is CO[C@H]1CN(C(=O)O)CC[C@H]1NC(=O)c1cc(C#N)c(C)[nH]1. The number of aromatic amines is 1.